The number of benzene rings is 1. The average Bonchev–Trinajstić information content (AvgIpc) is 2.79. The molecule has 2 aromatic rings. The zero-order valence-corrected chi connectivity index (χ0v) is 10.1. The number of hydrogen-bond acceptors (Lipinski definition) is 3. The second-order valence-electron chi connectivity index (χ2n) is 4.33. The largest absolute Gasteiger partial charge is 0.469 e. The van der Waals surface area contributed by atoms with E-state index < -0.39 is 6.10 Å². The third-order valence-electron chi connectivity index (χ3n) is 3.03. The van der Waals surface area contributed by atoms with Crippen LogP contribution in [0.25, 0.3) is 0 Å². The molecule has 2 atom stereocenters. The lowest BCUT2D eigenvalue weighted by molar-refractivity contribution is 0.146. The van der Waals surface area contributed by atoms with Crippen LogP contribution in [0.15, 0.2) is 41.0 Å². The molecule has 0 aliphatic heterocycles. The first-order chi connectivity index (χ1) is 8.61. The molecular weight excluding hydrogens is 233 g/mol. The van der Waals surface area contributed by atoms with Gasteiger partial charge in [-0.2, -0.15) is 0 Å². The zero-order valence-electron chi connectivity index (χ0n) is 10.1. The molecule has 1 heterocycles. The van der Waals surface area contributed by atoms with Gasteiger partial charge < -0.3 is 15.3 Å². The first-order valence-corrected chi connectivity index (χ1v) is 5.80. The minimum atomic E-state index is -0.752. The molecule has 18 heavy (non-hydrogen) atoms. The summed E-state index contributed by atoms with van der Waals surface area (Å²) in [5, 5.41) is 10.3. The lowest BCUT2D eigenvalue weighted by Crippen LogP contribution is -2.19. The van der Waals surface area contributed by atoms with E-state index in [1.54, 1.807) is 18.2 Å². The van der Waals surface area contributed by atoms with E-state index in [2.05, 4.69) is 0 Å². The van der Waals surface area contributed by atoms with Crippen molar-refractivity contribution in [1.82, 2.24) is 0 Å². The number of aryl methyl sites for hydroxylation is 1. The molecule has 2 unspecified atom stereocenters. The van der Waals surface area contributed by atoms with Gasteiger partial charge in [-0.05, 0) is 30.7 Å². The maximum absolute atomic E-state index is 12.9. The number of aliphatic hydroxyl groups excluding tert-OH is 1. The summed E-state index contributed by atoms with van der Waals surface area (Å²) in [5.74, 6) is 0.157. The molecule has 3 N–H and O–H groups in total. The van der Waals surface area contributed by atoms with Crippen molar-refractivity contribution >= 4 is 0 Å². The Morgan fingerprint density at radius 1 is 1.28 bits per heavy atom. The van der Waals surface area contributed by atoms with E-state index in [0.717, 1.165) is 11.3 Å². The number of hydrogen-bond donors (Lipinski definition) is 2. The number of rotatable bonds is 4. The minimum absolute atomic E-state index is 0.275. The van der Waals surface area contributed by atoms with Gasteiger partial charge in [0.05, 0.1) is 12.4 Å². The van der Waals surface area contributed by atoms with E-state index in [-0.39, 0.29) is 18.3 Å². The van der Waals surface area contributed by atoms with Crippen molar-refractivity contribution in [2.45, 2.75) is 18.9 Å². The summed E-state index contributed by atoms with van der Waals surface area (Å²) in [7, 11) is 0. The Balaban J connectivity index is 2.25. The van der Waals surface area contributed by atoms with Crippen LogP contribution in [0.4, 0.5) is 4.39 Å². The highest BCUT2D eigenvalue weighted by Crippen LogP contribution is 2.31. The van der Waals surface area contributed by atoms with E-state index in [1.165, 1.54) is 18.4 Å². The number of halogens is 1. The molecule has 96 valence electrons. The van der Waals surface area contributed by atoms with Crippen LogP contribution in [0.2, 0.25) is 0 Å². The summed E-state index contributed by atoms with van der Waals surface area (Å²) < 4.78 is 18.0. The molecule has 1 aromatic carbocycles. The van der Waals surface area contributed by atoms with E-state index >= 15 is 0 Å². The van der Waals surface area contributed by atoms with Crippen LogP contribution in [-0.2, 0) is 0 Å². The van der Waals surface area contributed by atoms with Crippen molar-refractivity contribution in [1.29, 1.82) is 0 Å². The Labute approximate surface area is 105 Å². The molecule has 0 spiro atoms. The smallest absolute Gasteiger partial charge is 0.123 e. The molecule has 0 fully saturated rings. The number of furan rings is 1. The Kier molecular flexibility index (Phi) is 3.79. The van der Waals surface area contributed by atoms with E-state index in [1.807, 2.05) is 6.92 Å². The summed E-state index contributed by atoms with van der Waals surface area (Å²) in [5.41, 5.74) is 7.20. The number of aliphatic hydroxyl groups is 1. The summed E-state index contributed by atoms with van der Waals surface area (Å²) in [6.07, 6.45) is 0.768. The Bertz CT molecular complexity index is 507. The summed E-state index contributed by atoms with van der Waals surface area (Å²) in [6.45, 7) is 2.09. The molecule has 0 amide bonds. The van der Waals surface area contributed by atoms with Gasteiger partial charge in [-0.1, -0.05) is 12.1 Å². The Morgan fingerprint density at radius 3 is 2.44 bits per heavy atom. The van der Waals surface area contributed by atoms with Crippen LogP contribution < -0.4 is 5.73 Å². The van der Waals surface area contributed by atoms with Crippen LogP contribution in [0.3, 0.4) is 0 Å². The molecule has 3 nitrogen and oxygen atoms in total. The highest BCUT2D eigenvalue weighted by Gasteiger charge is 2.22. The Hall–Kier alpha value is -1.65. The predicted octanol–water partition coefficient (Wildman–Crippen LogP) is 2.50. The fraction of sp³-hybridized carbons (Fsp3) is 0.286. The van der Waals surface area contributed by atoms with Gasteiger partial charge in [-0.3, -0.25) is 0 Å². The lowest BCUT2D eigenvalue weighted by Gasteiger charge is -2.20. The van der Waals surface area contributed by atoms with E-state index in [9.17, 15) is 9.50 Å². The SMILES string of the molecule is Cc1cc(C(O)C(CN)c2ccc(F)cc2)co1. The first-order valence-electron chi connectivity index (χ1n) is 5.80. The second kappa shape index (κ2) is 5.33. The van der Waals surface area contributed by atoms with Crippen molar-refractivity contribution < 1.29 is 13.9 Å². The van der Waals surface area contributed by atoms with Crippen molar-refractivity contribution in [2.75, 3.05) is 6.54 Å². The molecule has 0 saturated heterocycles. The van der Waals surface area contributed by atoms with E-state index in [4.69, 9.17) is 10.2 Å². The molecule has 0 aliphatic rings. The fourth-order valence-corrected chi connectivity index (χ4v) is 2.01. The third-order valence-corrected chi connectivity index (χ3v) is 3.03. The third kappa shape index (κ3) is 2.60. The highest BCUT2D eigenvalue weighted by molar-refractivity contribution is 5.26. The van der Waals surface area contributed by atoms with Crippen molar-refractivity contribution in [3.63, 3.8) is 0 Å². The van der Waals surface area contributed by atoms with Gasteiger partial charge in [0.25, 0.3) is 0 Å². The monoisotopic (exact) mass is 249 g/mol. The van der Waals surface area contributed by atoms with Crippen LogP contribution in [0.5, 0.6) is 0 Å². The molecule has 0 saturated carbocycles. The molecule has 2 rings (SSSR count). The molecule has 0 aliphatic carbocycles. The summed E-state index contributed by atoms with van der Waals surface area (Å²) >= 11 is 0. The van der Waals surface area contributed by atoms with Gasteiger partial charge in [-0.15, -0.1) is 0 Å². The van der Waals surface area contributed by atoms with Crippen LogP contribution in [0.1, 0.15) is 28.9 Å². The molecule has 1 aromatic heterocycles. The van der Waals surface area contributed by atoms with Gasteiger partial charge in [0.1, 0.15) is 11.6 Å². The topological polar surface area (TPSA) is 59.4 Å². The zero-order chi connectivity index (χ0) is 13.1. The van der Waals surface area contributed by atoms with Gasteiger partial charge in [-0.25, -0.2) is 4.39 Å². The maximum Gasteiger partial charge on any atom is 0.123 e. The molecule has 0 radical (unpaired) electrons. The van der Waals surface area contributed by atoms with E-state index in [0.29, 0.717) is 5.56 Å². The molecule has 0 bridgehead atoms. The quantitative estimate of drug-likeness (QED) is 0.875. The maximum atomic E-state index is 12.9. The van der Waals surface area contributed by atoms with Crippen LogP contribution in [0, 0.1) is 12.7 Å². The molecular formula is C14H16FNO2. The standard InChI is InChI=1S/C14H16FNO2/c1-9-6-11(8-18-9)14(17)13(7-16)10-2-4-12(15)5-3-10/h2-6,8,13-14,17H,7,16H2,1H3. The lowest BCUT2D eigenvalue weighted by atomic mass is 9.90. The summed E-state index contributed by atoms with van der Waals surface area (Å²) in [4.78, 5) is 0. The van der Waals surface area contributed by atoms with Crippen molar-refractivity contribution in [2.24, 2.45) is 5.73 Å². The Morgan fingerprint density at radius 2 is 1.94 bits per heavy atom. The van der Waals surface area contributed by atoms with Gasteiger partial charge in [0.2, 0.25) is 0 Å². The normalized spacial score (nSPS) is 14.4. The van der Waals surface area contributed by atoms with Crippen molar-refractivity contribution in [3.8, 4) is 0 Å². The second-order valence-corrected chi connectivity index (χ2v) is 4.33. The first kappa shape index (κ1) is 12.8. The minimum Gasteiger partial charge on any atom is -0.469 e. The highest BCUT2D eigenvalue weighted by atomic mass is 19.1. The summed E-state index contributed by atoms with van der Waals surface area (Å²) in [6, 6.07) is 7.79. The fourth-order valence-electron chi connectivity index (χ4n) is 2.01. The predicted molar refractivity (Wildman–Crippen MR) is 66.6 cm³/mol. The van der Waals surface area contributed by atoms with Gasteiger partial charge in [0, 0.05) is 18.0 Å². The van der Waals surface area contributed by atoms with Gasteiger partial charge >= 0.3 is 0 Å². The molecule has 4 heteroatoms. The average molecular weight is 249 g/mol. The van der Waals surface area contributed by atoms with Crippen LogP contribution >= 0.6 is 0 Å². The number of nitrogens with two attached hydrogens (primary N) is 1. The van der Waals surface area contributed by atoms with Gasteiger partial charge in [0.15, 0.2) is 0 Å². The van der Waals surface area contributed by atoms with Crippen molar-refractivity contribution in [3.05, 3.63) is 59.3 Å². The van der Waals surface area contributed by atoms with Crippen LogP contribution in [-0.4, -0.2) is 11.7 Å².